The monoisotopic (exact) mass is 1460 g/mol. The van der Waals surface area contributed by atoms with Crippen molar-refractivity contribution in [2.75, 3.05) is 39.6 Å². The molecule has 0 aliphatic carbocycles. The summed E-state index contributed by atoms with van der Waals surface area (Å²) in [6, 6.07) is 0. The number of unbranched alkanes of at least 4 members (excludes halogenated alkanes) is 14. The third-order valence-corrected chi connectivity index (χ3v) is 16.8. The first-order chi connectivity index (χ1) is 49.7. The first kappa shape index (κ1) is 96.2. The fraction of sp³-hybridized carbons (Fsp3) is 0.590. The maximum atomic E-state index is 13.1. The van der Waals surface area contributed by atoms with Crippen LogP contribution in [-0.4, -0.2) is 96.7 Å². The van der Waals surface area contributed by atoms with Crippen molar-refractivity contribution in [2.45, 2.75) is 277 Å². The van der Waals surface area contributed by atoms with Crippen LogP contribution in [0, 0.1) is 0 Å². The topological polar surface area (TPSA) is 237 Å². The normalized spacial score (nSPS) is 14.9. The minimum atomic E-state index is -5.01. The molecule has 0 aliphatic rings. The number of allylic oxidation sites excluding steroid dienone is 29. The Hall–Kier alpha value is -5.84. The summed E-state index contributed by atoms with van der Waals surface area (Å²) >= 11 is 0. The lowest BCUT2D eigenvalue weighted by Gasteiger charge is -2.21. The molecule has 0 aromatic rings. The largest absolute Gasteiger partial charge is 0.472 e. The fourth-order valence-electron chi connectivity index (χ4n) is 9.25. The van der Waals surface area contributed by atoms with Gasteiger partial charge in [0.25, 0.3) is 0 Å². The molecule has 0 aromatic heterocycles. The molecular weight excluding hydrogens is 1330 g/mol. The average Bonchev–Trinajstić information content (AvgIpc) is 0.921. The molecule has 0 aliphatic heterocycles. The lowest BCUT2D eigenvalue weighted by molar-refractivity contribution is -0.161. The van der Waals surface area contributed by atoms with Crippen LogP contribution >= 0.6 is 15.6 Å². The predicted molar refractivity (Wildman–Crippen MR) is 417 cm³/mol. The molecule has 0 radical (unpaired) electrons. The number of ether oxygens (including phenoxy) is 4. The smallest absolute Gasteiger partial charge is 0.462 e. The number of carbonyl (C=O) groups is 4. The van der Waals surface area contributed by atoms with Gasteiger partial charge in [0.05, 0.1) is 32.8 Å². The summed E-state index contributed by atoms with van der Waals surface area (Å²) < 4.78 is 68.2. The second-order valence-corrected chi connectivity index (χ2v) is 27.4. The number of carbonyl (C=O) groups excluding carboxylic acids is 4. The number of phosphoric acid groups is 2. The van der Waals surface area contributed by atoms with E-state index in [1.165, 1.54) is 38.5 Å². The maximum Gasteiger partial charge on any atom is 0.472 e. The fourth-order valence-corrected chi connectivity index (χ4v) is 10.8. The van der Waals surface area contributed by atoms with Gasteiger partial charge in [0.1, 0.15) is 19.3 Å². The van der Waals surface area contributed by atoms with Crippen LogP contribution in [0.2, 0.25) is 0 Å². The summed E-state index contributed by atoms with van der Waals surface area (Å²) in [6.45, 7) is 4.26. The van der Waals surface area contributed by atoms with E-state index < -0.39 is 97.5 Å². The van der Waals surface area contributed by atoms with Gasteiger partial charge in [0, 0.05) is 19.3 Å². The Morgan fingerprint density at radius 2 is 0.569 bits per heavy atom. The van der Waals surface area contributed by atoms with E-state index in [-0.39, 0.29) is 25.7 Å². The van der Waals surface area contributed by atoms with E-state index in [1.807, 2.05) is 36.5 Å². The molecular formula is C83H132O17P2. The van der Waals surface area contributed by atoms with Crippen LogP contribution in [0.3, 0.4) is 0 Å². The molecule has 0 heterocycles. The molecule has 0 spiro atoms. The Labute approximate surface area is 615 Å². The molecule has 17 nitrogen and oxygen atoms in total. The van der Waals surface area contributed by atoms with Gasteiger partial charge >= 0.3 is 39.5 Å². The van der Waals surface area contributed by atoms with Crippen LogP contribution in [-0.2, 0) is 65.4 Å². The van der Waals surface area contributed by atoms with E-state index in [1.54, 1.807) is 6.08 Å². The first-order valence-electron chi connectivity index (χ1n) is 38.0. The summed E-state index contributed by atoms with van der Waals surface area (Å²) in [7, 11) is -10.0. The van der Waals surface area contributed by atoms with Gasteiger partial charge in [-0.15, -0.1) is 0 Å². The lowest BCUT2D eigenvalue weighted by atomic mass is 10.1. The Balaban J connectivity index is 5.51. The zero-order valence-electron chi connectivity index (χ0n) is 62.7. The number of esters is 4. The molecule has 576 valence electrons. The van der Waals surface area contributed by atoms with Gasteiger partial charge in [-0.1, -0.05) is 287 Å². The van der Waals surface area contributed by atoms with Crippen molar-refractivity contribution in [3.8, 4) is 0 Å². The molecule has 3 N–H and O–H groups in total. The van der Waals surface area contributed by atoms with Crippen LogP contribution in [0.5, 0.6) is 0 Å². The van der Waals surface area contributed by atoms with E-state index in [2.05, 4.69) is 167 Å². The molecule has 0 saturated heterocycles. The van der Waals surface area contributed by atoms with Crippen LogP contribution in [0.25, 0.3) is 0 Å². The summed E-state index contributed by atoms with van der Waals surface area (Å²) in [6.07, 6.45) is 87.9. The van der Waals surface area contributed by atoms with Crippen molar-refractivity contribution in [3.05, 3.63) is 182 Å². The van der Waals surface area contributed by atoms with Crippen molar-refractivity contribution in [1.82, 2.24) is 0 Å². The van der Waals surface area contributed by atoms with E-state index >= 15 is 0 Å². The second kappa shape index (κ2) is 73.5. The maximum absolute atomic E-state index is 13.1. The van der Waals surface area contributed by atoms with Crippen molar-refractivity contribution >= 4 is 39.5 Å². The number of rotatable bonds is 69. The van der Waals surface area contributed by atoms with Crippen LogP contribution in [0.4, 0.5) is 0 Å². The Morgan fingerprint density at radius 3 is 0.912 bits per heavy atom. The SMILES string of the molecule is CC/C=C\C/C=C\C/C=C\C/C=C\C/C=C\C/C=C\CCC(=O)OCC(COP(=O)(O)OCC(O)COP(=O)(O)OCC(COC(=O)C/C=C\C/C=C\C/C=C\C/C=C\C/C=C\CC)OC(=O)CCCCCCCCCCCCC)OC(=O)CCCCCC/C=C\C/C=C\C/C=C\C/C=C\CC. The molecule has 19 heteroatoms. The van der Waals surface area contributed by atoms with Crippen molar-refractivity contribution in [3.63, 3.8) is 0 Å². The summed E-state index contributed by atoms with van der Waals surface area (Å²) in [5, 5.41) is 10.6. The summed E-state index contributed by atoms with van der Waals surface area (Å²) in [4.78, 5) is 72.7. The Morgan fingerprint density at radius 1 is 0.294 bits per heavy atom. The summed E-state index contributed by atoms with van der Waals surface area (Å²) in [5.74, 6) is -2.47. The van der Waals surface area contributed by atoms with Gasteiger partial charge in [-0.3, -0.25) is 37.3 Å². The molecule has 0 saturated carbocycles. The Kier molecular flexibility index (Phi) is 69.3. The average molecular weight is 1460 g/mol. The zero-order valence-corrected chi connectivity index (χ0v) is 64.5. The van der Waals surface area contributed by atoms with Gasteiger partial charge in [0.2, 0.25) is 0 Å². The highest BCUT2D eigenvalue weighted by Crippen LogP contribution is 2.45. The summed E-state index contributed by atoms with van der Waals surface area (Å²) in [5.41, 5.74) is 0. The third-order valence-electron chi connectivity index (χ3n) is 14.9. The van der Waals surface area contributed by atoms with Gasteiger partial charge < -0.3 is 33.8 Å². The number of phosphoric ester groups is 2. The number of hydrogen-bond acceptors (Lipinski definition) is 15. The van der Waals surface area contributed by atoms with Gasteiger partial charge in [0.15, 0.2) is 12.2 Å². The minimum absolute atomic E-state index is 0.0217. The van der Waals surface area contributed by atoms with E-state index in [9.17, 15) is 43.2 Å². The van der Waals surface area contributed by atoms with Crippen LogP contribution in [0.15, 0.2) is 182 Å². The first-order valence-corrected chi connectivity index (χ1v) is 41.0. The van der Waals surface area contributed by atoms with E-state index in [0.29, 0.717) is 32.1 Å². The molecule has 0 fully saturated rings. The predicted octanol–water partition coefficient (Wildman–Crippen LogP) is 22.0. The molecule has 0 rings (SSSR count). The highest BCUT2D eigenvalue weighted by atomic mass is 31.2. The molecule has 0 bridgehead atoms. The second-order valence-electron chi connectivity index (χ2n) is 24.5. The van der Waals surface area contributed by atoms with Crippen molar-refractivity contribution in [1.29, 1.82) is 0 Å². The standard InChI is InChI=1S/C83H132O17P2/c1-5-9-13-17-21-25-29-32-35-37-38-40-42-45-49-52-56-60-64-68-81(86)94-74-79(100-83(88)70-66-62-58-54-50-46-43-39-36-33-30-26-22-18-14-10-6-2)76-98-102(91,92)96-72-77(84)71-95-101(89,90)97-75-78(99-82(87)69-65-61-57-53-47-28-24-20-16-12-8-4)73-93-80(85)67-63-59-55-51-48-44-41-34-31-27-23-19-15-11-7-3/h9-11,13-15,21-23,25-27,32-36,38,40-41,43,45-46,48-49,51,56,59-60,63,77-79,84H,5-8,12,16-20,24,28-31,37,39,42,44,47,50,52-55,57-58,61-62,64-76H2,1-4H3,(H,89,90)(H,91,92)/b13-9-,14-10-,15-11-,25-21-,26-22-,27-23-,35-32-,36-33-,40-38-,41-34-,46-43-,49-45-,51-48-,60-56-,63-59-. The number of hydrogen-bond donors (Lipinski definition) is 3. The molecule has 102 heavy (non-hydrogen) atoms. The van der Waals surface area contributed by atoms with Gasteiger partial charge in [-0.05, 0) is 128 Å². The highest BCUT2D eigenvalue weighted by molar-refractivity contribution is 7.47. The molecule has 0 amide bonds. The molecule has 0 aromatic carbocycles. The Bertz CT molecular complexity index is 2650. The van der Waals surface area contributed by atoms with Crippen LogP contribution < -0.4 is 0 Å². The van der Waals surface area contributed by atoms with Gasteiger partial charge in [-0.25, -0.2) is 9.13 Å². The number of aliphatic hydroxyl groups excluding tert-OH is 1. The molecule has 5 atom stereocenters. The quantitative estimate of drug-likeness (QED) is 0.0169. The minimum Gasteiger partial charge on any atom is -0.462 e. The third kappa shape index (κ3) is 72.5. The van der Waals surface area contributed by atoms with E-state index in [4.69, 9.17) is 37.0 Å². The van der Waals surface area contributed by atoms with Crippen molar-refractivity contribution < 1.29 is 80.2 Å². The van der Waals surface area contributed by atoms with Crippen molar-refractivity contribution in [2.24, 2.45) is 0 Å². The van der Waals surface area contributed by atoms with Crippen LogP contribution in [0.1, 0.15) is 259 Å². The number of aliphatic hydroxyl groups is 1. The molecule has 5 unspecified atom stereocenters. The highest BCUT2D eigenvalue weighted by Gasteiger charge is 2.30. The zero-order chi connectivity index (χ0) is 74.6. The lowest BCUT2D eigenvalue weighted by Crippen LogP contribution is -2.30. The van der Waals surface area contributed by atoms with E-state index in [0.717, 1.165) is 135 Å². The van der Waals surface area contributed by atoms with Gasteiger partial charge in [-0.2, -0.15) is 0 Å².